The van der Waals surface area contributed by atoms with E-state index in [2.05, 4.69) is 31.1 Å². The first-order valence-corrected chi connectivity index (χ1v) is 6.16. The van der Waals surface area contributed by atoms with E-state index in [0.717, 1.165) is 5.76 Å². The molecule has 0 aliphatic carbocycles. The van der Waals surface area contributed by atoms with Crippen LogP contribution < -0.4 is 5.32 Å². The number of furan rings is 1. The van der Waals surface area contributed by atoms with Gasteiger partial charge >= 0.3 is 0 Å². The summed E-state index contributed by atoms with van der Waals surface area (Å²) in [6.07, 6.45) is 4.19. The second-order valence-corrected chi connectivity index (χ2v) is 4.95. The van der Waals surface area contributed by atoms with Gasteiger partial charge in [-0.15, -0.1) is 0 Å². The van der Waals surface area contributed by atoms with Gasteiger partial charge in [0.15, 0.2) is 0 Å². The zero-order valence-electron chi connectivity index (χ0n) is 10.4. The highest BCUT2D eigenvalue weighted by Gasteiger charge is 2.24. The summed E-state index contributed by atoms with van der Waals surface area (Å²) >= 11 is 0. The van der Waals surface area contributed by atoms with Crippen molar-refractivity contribution in [3.05, 3.63) is 24.2 Å². The van der Waals surface area contributed by atoms with Crippen LogP contribution in [-0.4, -0.2) is 30.6 Å². The molecule has 3 nitrogen and oxygen atoms in total. The van der Waals surface area contributed by atoms with E-state index in [0.29, 0.717) is 18.1 Å². The summed E-state index contributed by atoms with van der Waals surface area (Å²) in [4.78, 5) is 2.43. The van der Waals surface area contributed by atoms with Crippen molar-refractivity contribution in [3.8, 4) is 0 Å². The Morgan fingerprint density at radius 2 is 2.38 bits per heavy atom. The second kappa shape index (κ2) is 5.02. The smallest absolute Gasteiger partial charge is 0.120 e. The van der Waals surface area contributed by atoms with Crippen LogP contribution in [0.15, 0.2) is 22.8 Å². The number of nitrogens with one attached hydrogen (secondary N) is 1. The molecule has 0 aromatic carbocycles. The number of nitrogens with zero attached hydrogens (tertiary/aromatic N) is 1. The van der Waals surface area contributed by atoms with Crippen molar-refractivity contribution >= 4 is 0 Å². The van der Waals surface area contributed by atoms with Crippen LogP contribution in [-0.2, 0) is 0 Å². The summed E-state index contributed by atoms with van der Waals surface area (Å²) in [5.74, 6) is 1.03. The van der Waals surface area contributed by atoms with Crippen LogP contribution in [0.4, 0.5) is 0 Å². The first-order chi connectivity index (χ1) is 7.66. The van der Waals surface area contributed by atoms with Gasteiger partial charge in [0, 0.05) is 12.1 Å². The average Bonchev–Trinajstić information content (AvgIpc) is 2.77. The minimum atomic E-state index is 0.315. The lowest BCUT2D eigenvalue weighted by molar-refractivity contribution is 0.161. The van der Waals surface area contributed by atoms with Crippen LogP contribution in [0.2, 0.25) is 0 Å². The van der Waals surface area contributed by atoms with Gasteiger partial charge in [-0.05, 0) is 52.4 Å². The standard InChI is InChI=1S/C13H22N2O/c1-10-9-12(6-7-15(10)3)14-11(2)13-5-4-8-16-13/h4-5,8,10-12,14H,6-7,9H2,1-3H3. The Bertz CT molecular complexity index is 310. The fraction of sp³-hybridized carbons (Fsp3) is 0.692. The average molecular weight is 222 g/mol. The summed E-state index contributed by atoms with van der Waals surface area (Å²) in [7, 11) is 2.21. The Balaban J connectivity index is 1.86. The SMILES string of the molecule is CC(NC1CCN(C)C(C)C1)c1ccco1. The fourth-order valence-electron chi connectivity index (χ4n) is 2.41. The third-order valence-corrected chi connectivity index (χ3v) is 3.66. The van der Waals surface area contributed by atoms with Crippen LogP contribution in [0.1, 0.15) is 38.5 Å². The highest BCUT2D eigenvalue weighted by atomic mass is 16.3. The lowest BCUT2D eigenvalue weighted by atomic mass is 9.98. The van der Waals surface area contributed by atoms with E-state index >= 15 is 0 Å². The van der Waals surface area contributed by atoms with Crippen molar-refractivity contribution in [2.24, 2.45) is 0 Å². The molecule has 3 atom stereocenters. The molecule has 0 radical (unpaired) electrons. The predicted octanol–water partition coefficient (Wildman–Crippen LogP) is 2.41. The van der Waals surface area contributed by atoms with Crippen LogP contribution in [0.3, 0.4) is 0 Å². The van der Waals surface area contributed by atoms with Crippen LogP contribution >= 0.6 is 0 Å². The van der Waals surface area contributed by atoms with E-state index in [9.17, 15) is 0 Å². The van der Waals surface area contributed by atoms with Crippen molar-refractivity contribution in [2.45, 2.75) is 44.8 Å². The van der Waals surface area contributed by atoms with Gasteiger partial charge < -0.3 is 14.6 Å². The molecule has 0 bridgehead atoms. The first kappa shape index (κ1) is 11.7. The van der Waals surface area contributed by atoms with Gasteiger partial charge in [0.1, 0.15) is 5.76 Å². The van der Waals surface area contributed by atoms with Crippen LogP contribution in [0.5, 0.6) is 0 Å². The van der Waals surface area contributed by atoms with E-state index in [-0.39, 0.29) is 0 Å². The molecule has 90 valence electrons. The third kappa shape index (κ3) is 2.66. The first-order valence-electron chi connectivity index (χ1n) is 6.16. The maximum atomic E-state index is 5.41. The van der Waals surface area contributed by atoms with Gasteiger partial charge in [0.05, 0.1) is 12.3 Å². The molecular weight excluding hydrogens is 200 g/mol. The number of piperidine rings is 1. The molecule has 1 fully saturated rings. The molecule has 1 aliphatic rings. The Kier molecular flexibility index (Phi) is 3.66. The largest absolute Gasteiger partial charge is 0.468 e. The maximum Gasteiger partial charge on any atom is 0.120 e. The monoisotopic (exact) mass is 222 g/mol. The summed E-state index contributed by atoms with van der Waals surface area (Å²) in [6, 6.07) is 5.60. The molecule has 2 heterocycles. The third-order valence-electron chi connectivity index (χ3n) is 3.66. The second-order valence-electron chi connectivity index (χ2n) is 4.95. The highest BCUT2D eigenvalue weighted by molar-refractivity contribution is 5.03. The molecule has 1 saturated heterocycles. The zero-order valence-corrected chi connectivity index (χ0v) is 10.4. The summed E-state index contributed by atoms with van der Waals surface area (Å²) < 4.78 is 5.41. The molecule has 0 spiro atoms. The summed E-state index contributed by atoms with van der Waals surface area (Å²) in [5, 5.41) is 3.65. The molecule has 1 aliphatic heterocycles. The van der Waals surface area contributed by atoms with E-state index in [1.807, 2.05) is 12.1 Å². The molecule has 0 amide bonds. The normalized spacial score (nSPS) is 29.2. The van der Waals surface area contributed by atoms with Crippen molar-refractivity contribution < 1.29 is 4.42 Å². The predicted molar refractivity (Wildman–Crippen MR) is 65.4 cm³/mol. The minimum absolute atomic E-state index is 0.315. The topological polar surface area (TPSA) is 28.4 Å². The molecule has 16 heavy (non-hydrogen) atoms. The molecule has 0 saturated carbocycles. The van der Waals surface area contributed by atoms with Crippen molar-refractivity contribution in [1.82, 2.24) is 10.2 Å². The van der Waals surface area contributed by atoms with E-state index < -0.39 is 0 Å². The molecular formula is C13H22N2O. The number of hydrogen-bond acceptors (Lipinski definition) is 3. The molecule has 1 aromatic heterocycles. The maximum absolute atomic E-state index is 5.41. The summed E-state index contributed by atoms with van der Waals surface area (Å²) in [6.45, 7) is 5.65. The molecule has 3 unspecified atom stereocenters. The lowest BCUT2D eigenvalue weighted by Crippen LogP contribution is -2.46. The van der Waals surface area contributed by atoms with E-state index in [4.69, 9.17) is 4.42 Å². The lowest BCUT2D eigenvalue weighted by Gasteiger charge is -2.36. The van der Waals surface area contributed by atoms with E-state index in [1.165, 1.54) is 19.4 Å². The Morgan fingerprint density at radius 1 is 1.56 bits per heavy atom. The highest BCUT2D eigenvalue weighted by Crippen LogP contribution is 2.20. The molecule has 1 aromatic rings. The van der Waals surface area contributed by atoms with Gasteiger partial charge in [0.2, 0.25) is 0 Å². The molecule has 2 rings (SSSR count). The zero-order chi connectivity index (χ0) is 11.5. The quantitative estimate of drug-likeness (QED) is 0.851. The van der Waals surface area contributed by atoms with Gasteiger partial charge in [-0.1, -0.05) is 0 Å². The summed E-state index contributed by atoms with van der Waals surface area (Å²) in [5.41, 5.74) is 0. The molecule has 3 heteroatoms. The van der Waals surface area contributed by atoms with Crippen LogP contribution in [0.25, 0.3) is 0 Å². The number of likely N-dealkylation sites (tertiary alicyclic amines) is 1. The minimum Gasteiger partial charge on any atom is -0.468 e. The van der Waals surface area contributed by atoms with Crippen molar-refractivity contribution in [1.29, 1.82) is 0 Å². The Labute approximate surface area is 97.8 Å². The molecule has 1 N–H and O–H groups in total. The van der Waals surface area contributed by atoms with Crippen molar-refractivity contribution in [3.63, 3.8) is 0 Å². The number of rotatable bonds is 3. The van der Waals surface area contributed by atoms with Crippen LogP contribution in [0, 0.1) is 0 Å². The Hall–Kier alpha value is -0.800. The van der Waals surface area contributed by atoms with Gasteiger partial charge in [-0.3, -0.25) is 0 Å². The van der Waals surface area contributed by atoms with Gasteiger partial charge in [0.25, 0.3) is 0 Å². The van der Waals surface area contributed by atoms with Gasteiger partial charge in [-0.2, -0.15) is 0 Å². The Morgan fingerprint density at radius 3 is 3.00 bits per heavy atom. The van der Waals surface area contributed by atoms with E-state index in [1.54, 1.807) is 6.26 Å². The van der Waals surface area contributed by atoms with Crippen molar-refractivity contribution in [2.75, 3.05) is 13.6 Å². The van der Waals surface area contributed by atoms with Gasteiger partial charge in [-0.25, -0.2) is 0 Å². The fourth-order valence-corrected chi connectivity index (χ4v) is 2.41. The number of hydrogen-bond donors (Lipinski definition) is 1.